The van der Waals surface area contributed by atoms with Crippen molar-refractivity contribution in [3.8, 4) is 0 Å². The van der Waals surface area contributed by atoms with Crippen molar-refractivity contribution in [3.63, 3.8) is 0 Å². The molecule has 0 aromatic heterocycles. The molecule has 0 saturated heterocycles. The van der Waals surface area contributed by atoms with Crippen molar-refractivity contribution in [1.82, 2.24) is 0 Å². The lowest BCUT2D eigenvalue weighted by atomic mass is 9.44. The topological polar surface area (TPSA) is 71.4 Å². The highest BCUT2D eigenvalue weighted by atomic mass is 16.3. The van der Waals surface area contributed by atoms with E-state index in [0.29, 0.717) is 31.6 Å². The number of aliphatic hydroxyl groups excluding tert-OH is 1. The number of aliphatic hydroxyl groups is 1. The normalized spacial score (nSPS) is 46.1. The van der Waals surface area contributed by atoms with Gasteiger partial charge in [0.1, 0.15) is 11.6 Å². The molecule has 0 bridgehead atoms. The summed E-state index contributed by atoms with van der Waals surface area (Å²) >= 11 is 0. The summed E-state index contributed by atoms with van der Waals surface area (Å²) in [4.78, 5) is 37.4. The van der Waals surface area contributed by atoms with E-state index in [1.165, 1.54) is 0 Å². The summed E-state index contributed by atoms with van der Waals surface area (Å²) in [5.74, 6) is 1.14. The van der Waals surface area contributed by atoms with Crippen molar-refractivity contribution in [2.75, 3.05) is 6.61 Å². The second-order valence-corrected chi connectivity index (χ2v) is 9.13. The van der Waals surface area contributed by atoms with Crippen LogP contribution in [0.25, 0.3) is 0 Å². The van der Waals surface area contributed by atoms with E-state index in [9.17, 15) is 19.5 Å². The SMILES string of the molecule is CC(=O)C1=CC[C@H]2[C@@H]3CCC4CC(=O)CC[C@]4(CO)[C@H]3C(=O)C[C@]12C. The van der Waals surface area contributed by atoms with Gasteiger partial charge in [-0.25, -0.2) is 0 Å². The molecule has 136 valence electrons. The number of rotatable bonds is 2. The molecule has 0 aromatic rings. The van der Waals surface area contributed by atoms with Crippen LogP contribution in [-0.2, 0) is 14.4 Å². The van der Waals surface area contributed by atoms with E-state index in [-0.39, 0.29) is 47.1 Å². The molecule has 3 saturated carbocycles. The van der Waals surface area contributed by atoms with Crippen molar-refractivity contribution >= 4 is 17.3 Å². The van der Waals surface area contributed by atoms with Crippen LogP contribution in [0.5, 0.6) is 0 Å². The summed E-state index contributed by atoms with van der Waals surface area (Å²) in [6.45, 7) is 3.71. The van der Waals surface area contributed by atoms with Crippen LogP contribution in [0.15, 0.2) is 11.6 Å². The lowest BCUT2D eigenvalue weighted by molar-refractivity contribution is -0.166. The molecule has 0 aromatic carbocycles. The van der Waals surface area contributed by atoms with Gasteiger partial charge in [-0.3, -0.25) is 14.4 Å². The van der Waals surface area contributed by atoms with Crippen LogP contribution >= 0.6 is 0 Å². The first-order chi connectivity index (χ1) is 11.8. The second-order valence-electron chi connectivity index (χ2n) is 9.13. The number of allylic oxidation sites excluding steroid dienone is 2. The molecule has 0 spiro atoms. The summed E-state index contributed by atoms with van der Waals surface area (Å²) < 4.78 is 0. The van der Waals surface area contributed by atoms with Gasteiger partial charge in [0.25, 0.3) is 0 Å². The van der Waals surface area contributed by atoms with Gasteiger partial charge in [-0.05, 0) is 55.9 Å². The van der Waals surface area contributed by atoms with Crippen LogP contribution < -0.4 is 0 Å². The molecule has 25 heavy (non-hydrogen) atoms. The van der Waals surface area contributed by atoms with Crippen molar-refractivity contribution in [2.45, 2.75) is 58.8 Å². The predicted molar refractivity (Wildman–Crippen MR) is 92.7 cm³/mol. The molecule has 0 amide bonds. The maximum absolute atomic E-state index is 13.3. The average molecular weight is 344 g/mol. The lowest BCUT2D eigenvalue weighted by Crippen LogP contribution is -2.59. The van der Waals surface area contributed by atoms with E-state index < -0.39 is 5.41 Å². The summed E-state index contributed by atoms with van der Waals surface area (Å²) in [6.07, 6.45) is 6.86. The fraction of sp³-hybridized carbons (Fsp3) is 0.762. The molecule has 4 aliphatic rings. The second kappa shape index (κ2) is 5.60. The number of carbonyl (C=O) groups excluding carboxylic acids is 3. The highest BCUT2D eigenvalue weighted by Crippen LogP contribution is 2.65. The molecule has 6 atom stereocenters. The first-order valence-electron chi connectivity index (χ1n) is 9.70. The Labute approximate surface area is 149 Å². The molecule has 0 heterocycles. The zero-order valence-corrected chi connectivity index (χ0v) is 15.2. The zero-order valence-electron chi connectivity index (χ0n) is 15.2. The van der Waals surface area contributed by atoms with Crippen LogP contribution in [0.4, 0.5) is 0 Å². The van der Waals surface area contributed by atoms with Gasteiger partial charge in [-0.2, -0.15) is 0 Å². The van der Waals surface area contributed by atoms with Gasteiger partial charge in [0.05, 0.1) is 0 Å². The zero-order chi connectivity index (χ0) is 18.0. The third kappa shape index (κ3) is 2.19. The van der Waals surface area contributed by atoms with Crippen molar-refractivity contribution in [3.05, 3.63) is 11.6 Å². The van der Waals surface area contributed by atoms with Gasteiger partial charge in [0.15, 0.2) is 5.78 Å². The monoisotopic (exact) mass is 344 g/mol. The Kier molecular flexibility index (Phi) is 3.84. The van der Waals surface area contributed by atoms with Crippen molar-refractivity contribution in [2.24, 2.45) is 34.5 Å². The Morgan fingerprint density at radius 3 is 2.76 bits per heavy atom. The van der Waals surface area contributed by atoms with E-state index in [0.717, 1.165) is 24.8 Å². The summed E-state index contributed by atoms with van der Waals surface area (Å²) in [5, 5.41) is 10.3. The minimum Gasteiger partial charge on any atom is -0.396 e. The molecule has 4 aliphatic carbocycles. The van der Waals surface area contributed by atoms with Crippen LogP contribution in [0.2, 0.25) is 0 Å². The fourth-order valence-electron chi connectivity index (χ4n) is 7.07. The molecule has 0 radical (unpaired) electrons. The number of hydrogen-bond donors (Lipinski definition) is 1. The summed E-state index contributed by atoms with van der Waals surface area (Å²) in [5.41, 5.74) is 0.0926. The van der Waals surface area contributed by atoms with Crippen molar-refractivity contribution in [1.29, 1.82) is 0 Å². The Bertz CT molecular complexity index is 677. The number of hydrogen-bond acceptors (Lipinski definition) is 4. The third-order valence-electron chi connectivity index (χ3n) is 8.14. The molecule has 1 unspecified atom stereocenters. The van der Waals surface area contributed by atoms with E-state index in [2.05, 4.69) is 13.0 Å². The van der Waals surface area contributed by atoms with Crippen molar-refractivity contribution < 1.29 is 19.5 Å². The molecule has 3 fully saturated rings. The quantitative estimate of drug-likeness (QED) is 0.836. The minimum atomic E-state index is -0.409. The number of ketones is 3. The summed E-state index contributed by atoms with van der Waals surface area (Å²) in [6, 6.07) is 0. The van der Waals surface area contributed by atoms with Gasteiger partial charge in [-0.1, -0.05) is 13.0 Å². The van der Waals surface area contributed by atoms with Gasteiger partial charge < -0.3 is 5.11 Å². The highest BCUT2D eigenvalue weighted by Gasteiger charge is 2.63. The molecule has 1 N–H and O–H groups in total. The van der Waals surface area contributed by atoms with E-state index >= 15 is 0 Å². The van der Waals surface area contributed by atoms with Crippen LogP contribution in [0.1, 0.15) is 58.8 Å². The largest absolute Gasteiger partial charge is 0.396 e. The maximum atomic E-state index is 13.3. The highest BCUT2D eigenvalue weighted by molar-refractivity contribution is 5.97. The Morgan fingerprint density at radius 2 is 2.08 bits per heavy atom. The molecule has 4 heteroatoms. The molecule has 4 rings (SSSR count). The van der Waals surface area contributed by atoms with Gasteiger partial charge in [-0.15, -0.1) is 0 Å². The third-order valence-corrected chi connectivity index (χ3v) is 8.14. The molecular formula is C21H28O4. The Morgan fingerprint density at radius 1 is 1.32 bits per heavy atom. The number of carbonyl (C=O) groups is 3. The lowest BCUT2D eigenvalue weighted by Gasteiger charge is -2.59. The van der Waals surface area contributed by atoms with Crippen LogP contribution in [-0.4, -0.2) is 29.1 Å². The van der Waals surface area contributed by atoms with Gasteiger partial charge >= 0.3 is 0 Å². The summed E-state index contributed by atoms with van der Waals surface area (Å²) in [7, 11) is 0. The average Bonchev–Trinajstić information content (AvgIpc) is 2.91. The predicted octanol–water partition coefficient (Wildman–Crippen LogP) is 2.87. The minimum absolute atomic E-state index is 0.00822. The van der Waals surface area contributed by atoms with E-state index in [1.807, 2.05) is 0 Å². The molecular weight excluding hydrogens is 316 g/mol. The smallest absolute Gasteiger partial charge is 0.156 e. The Balaban J connectivity index is 1.73. The maximum Gasteiger partial charge on any atom is 0.156 e. The van der Waals surface area contributed by atoms with Crippen LogP contribution in [0, 0.1) is 34.5 Å². The van der Waals surface area contributed by atoms with Gasteiger partial charge in [0, 0.05) is 42.6 Å². The first kappa shape index (κ1) is 17.1. The number of Topliss-reactive ketones (excluding diaryl/α,β-unsaturated/α-hetero) is 3. The van der Waals surface area contributed by atoms with E-state index in [1.54, 1.807) is 6.92 Å². The van der Waals surface area contributed by atoms with Crippen LogP contribution in [0.3, 0.4) is 0 Å². The molecule has 4 nitrogen and oxygen atoms in total. The van der Waals surface area contributed by atoms with E-state index in [4.69, 9.17) is 0 Å². The standard InChI is InChI=1S/C21H28O4/c1-12(23)16-5-6-17-15-4-3-13-9-14(24)7-8-21(13,11-22)19(15)18(25)10-20(16,17)2/h5,13,15,17,19,22H,3-4,6-11H2,1-2H3/t13?,15-,17-,19+,20+,21+/m0/s1. The number of fused-ring (bicyclic) bond motifs is 5. The first-order valence-corrected chi connectivity index (χ1v) is 9.70. The Hall–Kier alpha value is -1.29. The molecule has 0 aliphatic heterocycles. The fourth-order valence-corrected chi connectivity index (χ4v) is 7.07. The van der Waals surface area contributed by atoms with Gasteiger partial charge in [0.2, 0.25) is 0 Å².